The lowest BCUT2D eigenvalue weighted by Gasteiger charge is -2.24. The second-order valence-corrected chi connectivity index (χ2v) is 16.8. The molecule has 10 heteroatoms. The van der Waals surface area contributed by atoms with E-state index in [1.165, 1.54) is 57.8 Å². The molecule has 0 heterocycles. The largest absolute Gasteiger partial charge is 0.472 e. The summed E-state index contributed by atoms with van der Waals surface area (Å²) >= 11 is 0. The van der Waals surface area contributed by atoms with Crippen LogP contribution >= 0.6 is 7.82 Å². The summed E-state index contributed by atoms with van der Waals surface area (Å²) in [5.74, 6) is -0.900. The van der Waals surface area contributed by atoms with Gasteiger partial charge in [0.2, 0.25) is 0 Å². The average molecular weight is 807 g/mol. The number of carbonyl (C=O) groups is 2. The molecule has 0 aliphatic heterocycles. The van der Waals surface area contributed by atoms with E-state index in [1.807, 2.05) is 33.3 Å². The van der Waals surface area contributed by atoms with Crippen molar-refractivity contribution in [1.82, 2.24) is 0 Å². The summed E-state index contributed by atoms with van der Waals surface area (Å²) in [4.78, 5) is 35.3. The van der Waals surface area contributed by atoms with Gasteiger partial charge in [0.05, 0.1) is 27.7 Å². The number of rotatable bonds is 38. The number of phosphoric acid groups is 1. The maximum Gasteiger partial charge on any atom is 0.472 e. The van der Waals surface area contributed by atoms with Crippen molar-refractivity contribution >= 4 is 19.8 Å². The van der Waals surface area contributed by atoms with E-state index in [-0.39, 0.29) is 26.1 Å². The Kier molecular flexibility index (Phi) is 36.3. The summed E-state index contributed by atoms with van der Waals surface area (Å²) in [6, 6.07) is 0. The highest BCUT2D eigenvalue weighted by atomic mass is 31.2. The molecule has 56 heavy (non-hydrogen) atoms. The van der Waals surface area contributed by atoms with E-state index in [0.29, 0.717) is 23.9 Å². The third kappa shape index (κ3) is 41.1. The molecule has 1 unspecified atom stereocenters. The Morgan fingerprint density at radius 1 is 0.571 bits per heavy atom. The fourth-order valence-electron chi connectivity index (χ4n) is 5.39. The van der Waals surface area contributed by atoms with Crippen molar-refractivity contribution in [3.63, 3.8) is 0 Å². The molecule has 0 saturated heterocycles. The highest BCUT2D eigenvalue weighted by molar-refractivity contribution is 7.47. The van der Waals surface area contributed by atoms with Gasteiger partial charge in [0.15, 0.2) is 6.10 Å². The molecule has 1 N–H and O–H groups in total. The van der Waals surface area contributed by atoms with Crippen LogP contribution in [-0.4, -0.2) is 74.9 Å². The van der Waals surface area contributed by atoms with Crippen molar-refractivity contribution in [1.29, 1.82) is 0 Å². The van der Waals surface area contributed by atoms with Crippen LogP contribution in [0.25, 0.3) is 0 Å². The van der Waals surface area contributed by atoms with E-state index < -0.39 is 32.5 Å². The summed E-state index contributed by atoms with van der Waals surface area (Å²) in [5.41, 5.74) is 0. The second-order valence-electron chi connectivity index (χ2n) is 15.4. The van der Waals surface area contributed by atoms with Gasteiger partial charge in [0.1, 0.15) is 19.8 Å². The first-order valence-electron chi connectivity index (χ1n) is 21.7. The molecule has 0 rings (SSSR count). The lowest BCUT2D eigenvalue weighted by Crippen LogP contribution is -2.37. The van der Waals surface area contributed by atoms with E-state index in [0.717, 1.165) is 57.8 Å². The smallest absolute Gasteiger partial charge is 0.462 e. The molecule has 0 aromatic rings. The van der Waals surface area contributed by atoms with Crippen LogP contribution in [0.5, 0.6) is 0 Å². The molecular formula is C46H81NO8P+. The summed E-state index contributed by atoms with van der Waals surface area (Å²) in [7, 11) is 1.43. The minimum absolute atomic E-state index is 0.0182. The number of hydrogen-bond acceptors (Lipinski definition) is 7. The zero-order valence-corrected chi connectivity index (χ0v) is 37.0. The molecule has 0 aromatic heterocycles. The number of nitrogens with zero attached hydrogens (tertiary/aromatic N) is 1. The Morgan fingerprint density at radius 3 is 1.48 bits per heavy atom. The van der Waals surface area contributed by atoms with Gasteiger partial charge >= 0.3 is 19.8 Å². The maximum atomic E-state index is 12.7. The van der Waals surface area contributed by atoms with E-state index in [9.17, 15) is 19.0 Å². The van der Waals surface area contributed by atoms with E-state index in [4.69, 9.17) is 18.5 Å². The molecule has 0 fully saturated rings. The highest BCUT2D eigenvalue weighted by Gasteiger charge is 2.27. The van der Waals surface area contributed by atoms with Gasteiger partial charge < -0.3 is 18.9 Å². The van der Waals surface area contributed by atoms with E-state index >= 15 is 0 Å². The Labute approximate surface area is 342 Å². The number of ether oxygens (including phenoxy) is 2. The van der Waals surface area contributed by atoms with Crippen LogP contribution in [0.2, 0.25) is 0 Å². The van der Waals surface area contributed by atoms with Crippen molar-refractivity contribution < 1.29 is 42.1 Å². The number of likely N-dealkylation sites (N-methyl/N-ethyl adjacent to an activating group) is 1. The molecular weight excluding hydrogens is 725 g/mol. The lowest BCUT2D eigenvalue weighted by atomic mass is 10.0. The Hall–Kier alpha value is -2.55. The van der Waals surface area contributed by atoms with Crippen LogP contribution in [-0.2, 0) is 32.7 Å². The van der Waals surface area contributed by atoms with Gasteiger partial charge in [-0.2, -0.15) is 0 Å². The van der Waals surface area contributed by atoms with Gasteiger partial charge in [-0.05, 0) is 51.4 Å². The molecule has 0 aliphatic carbocycles. The van der Waals surface area contributed by atoms with Crippen LogP contribution in [0, 0.1) is 0 Å². The van der Waals surface area contributed by atoms with Gasteiger partial charge in [-0.15, -0.1) is 0 Å². The molecule has 0 radical (unpaired) electrons. The number of carbonyl (C=O) groups excluding carboxylic acids is 2. The monoisotopic (exact) mass is 807 g/mol. The molecule has 0 saturated carbocycles. The topological polar surface area (TPSA) is 108 Å². The van der Waals surface area contributed by atoms with Crippen molar-refractivity contribution in [3.05, 3.63) is 72.9 Å². The number of quaternary nitrogens is 1. The lowest BCUT2D eigenvalue weighted by molar-refractivity contribution is -0.870. The van der Waals surface area contributed by atoms with Gasteiger partial charge in [-0.1, -0.05) is 164 Å². The van der Waals surface area contributed by atoms with Gasteiger partial charge in [-0.3, -0.25) is 18.6 Å². The summed E-state index contributed by atoms with van der Waals surface area (Å²) < 4.78 is 34.2. The second kappa shape index (κ2) is 38.0. The molecule has 0 amide bonds. The van der Waals surface area contributed by atoms with Crippen LogP contribution in [0.1, 0.15) is 155 Å². The zero-order valence-electron chi connectivity index (χ0n) is 36.1. The molecule has 0 aromatic carbocycles. The number of unbranched alkanes of at least 4 members (excludes halogenated alkanes) is 12. The summed E-state index contributed by atoms with van der Waals surface area (Å²) in [6.45, 7) is 4.20. The first-order chi connectivity index (χ1) is 27.0. The fraction of sp³-hybridized carbons (Fsp3) is 0.696. The van der Waals surface area contributed by atoms with E-state index in [2.05, 4.69) is 74.6 Å². The molecule has 9 nitrogen and oxygen atoms in total. The number of esters is 2. The maximum absolute atomic E-state index is 12.7. The molecule has 0 aliphatic rings. The van der Waals surface area contributed by atoms with Gasteiger partial charge in [0.25, 0.3) is 0 Å². The normalized spacial score (nSPS) is 14.3. The Bertz CT molecular complexity index is 1180. The molecule has 322 valence electrons. The van der Waals surface area contributed by atoms with Crippen LogP contribution in [0.4, 0.5) is 0 Å². The Morgan fingerprint density at radius 2 is 1.02 bits per heavy atom. The van der Waals surface area contributed by atoms with Crippen LogP contribution in [0.3, 0.4) is 0 Å². The number of phosphoric ester groups is 1. The van der Waals surface area contributed by atoms with Crippen molar-refractivity contribution in [3.8, 4) is 0 Å². The first kappa shape index (κ1) is 53.5. The molecule has 2 atom stereocenters. The quantitative estimate of drug-likeness (QED) is 0.0216. The molecule has 0 bridgehead atoms. The SMILES string of the molecule is CC/C=C\C/C=C\C/C=C\C/C=C\C/C=C\C/C=C\CCC(=O)OC[C@H](COP(=O)(O)OCC[N+](C)(C)C)OC(=O)CCCCCCCCCCCCCCC. The average Bonchev–Trinajstić information content (AvgIpc) is 3.15. The first-order valence-corrected chi connectivity index (χ1v) is 23.2. The van der Waals surface area contributed by atoms with Crippen LogP contribution < -0.4 is 0 Å². The zero-order chi connectivity index (χ0) is 41.4. The fourth-order valence-corrected chi connectivity index (χ4v) is 6.13. The Balaban J connectivity index is 4.49. The third-order valence-electron chi connectivity index (χ3n) is 8.76. The highest BCUT2D eigenvalue weighted by Crippen LogP contribution is 2.43. The molecule has 0 spiro atoms. The van der Waals surface area contributed by atoms with Crippen LogP contribution in [0.15, 0.2) is 72.9 Å². The minimum Gasteiger partial charge on any atom is -0.462 e. The van der Waals surface area contributed by atoms with Gasteiger partial charge in [0, 0.05) is 12.8 Å². The summed E-state index contributed by atoms with van der Waals surface area (Å²) in [6.07, 6.45) is 46.8. The predicted molar refractivity (Wildman–Crippen MR) is 233 cm³/mol. The number of hydrogen-bond donors (Lipinski definition) is 1. The minimum atomic E-state index is -4.39. The van der Waals surface area contributed by atoms with Gasteiger partial charge in [-0.25, -0.2) is 4.57 Å². The van der Waals surface area contributed by atoms with E-state index in [1.54, 1.807) is 0 Å². The standard InChI is InChI=1S/C46H80NO8P/c1-6-8-10-12-14-16-18-20-21-22-23-24-25-27-28-30-32-34-36-38-45(48)52-42-44(43-54-56(50,51)53-41-40-47(3,4)5)55-46(49)39-37-35-33-31-29-26-19-17-15-13-11-9-7-2/h8,10,14,16,20-21,23-24,27-28,32,34,44H,6-7,9,11-13,15,17-19,22,25-26,29-31,33,35-43H2,1-5H3/p+1/b10-8-,16-14-,21-20-,24-23-,28-27-,34-32-/t44-/m1/s1. The number of allylic oxidation sites excluding steroid dienone is 12. The van der Waals surface area contributed by atoms with Crippen molar-refractivity contribution in [2.45, 2.75) is 161 Å². The van der Waals surface area contributed by atoms with Crippen molar-refractivity contribution in [2.75, 3.05) is 47.5 Å². The summed E-state index contributed by atoms with van der Waals surface area (Å²) in [5, 5.41) is 0. The third-order valence-corrected chi connectivity index (χ3v) is 9.75. The predicted octanol–water partition coefficient (Wildman–Crippen LogP) is 12.2. The van der Waals surface area contributed by atoms with Crippen molar-refractivity contribution in [2.24, 2.45) is 0 Å².